The van der Waals surface area contributed by atoms with Gasteiger partial charge in [0.25, 0.3) is 5.91 Å². The fourth-order valence-electron chi connectivity index (χ4n) is 3.37. The van der Waals surface area contributed by atoms with Gasteiger partial charge in [0.1, 0.15) is 16.4 Å². The number of rotatable bonds is 6. The van der Waals surface area contributed by atoms with Gasteiger partial charge >= 0.3 is 0 Å². The molecule has 1 saturated carbocycles. The number of nitrogens with zero attached hydrogens (tertiary/aromatic N) is 5. The first-order chi connectivity index (χ1) is 14.7. The lowest BCUT2D eigenvalue weighted by molar-refractivity contribution is 0.00256. The molecule has 4 aromatic heterocycles. The number of hydrogen-bond acceptors (Lipinski definition) is 7. The number of nitrogens with one attached hydrogen (secondary N) is 2. The Morgan fingerprint density at radius 3 is 3.00 bits per heavy atom. The summed E-state index contributed by atoms with van der Waals surface area (Å²) in [6.07, 6.45) is 9.04. The van der Waals surface area contributed by atoms with Crippen LogP contribution in [0.2, 0.25) is 0 Å². The van der Waals surface area contributed by atoms with E-state index in [1.807, 2.05) is 29.1 Å². The van der Waals surface area contributed by atoms with E-state index >= 15 is 0 Å². The second-order valence-corrected chi connectivity index (χ2v) is 7.91. The molecular weight excluding hydrogens is 402 g/mol. The fraction of sp³-hybridized carbons (Fsp3) is 0.250. The van der Waals surface area contributed by atoms with Gasteiger partial charge in [-0.25, -0.2) is 4.98 Å². The lowest BCUT2D eigenvalue weighted by atomic mass is 9.89. The van der Waals surface area contributed by atoms with E-state index < -0.39 is 0 Å². The Kier molecular flexibility index (Phi) is 4.85. The van der Waals surface area contributed by atoms with Crippen molar-refractivity contribution in [3.63, 3.8) is 0 Å². The number of aromatic amines is 1. The van der Waals surface area contributed by atoms with Crippen molar-refractivity contribution in [2.75, 3.05) is 12.4 Å². The molecule has 0 saturated heterocycles. The standard InChI is InChI=1S/C20H19N7O2S/c1-29-14-6-13(7-14)27-10-16(18(26-27)15-4-2-3-5-21-15)24-19(28)17-11-30-20(25-17)12-8-22-23-9-12/h2-5,8-11,13-14H,6-7H2,1H3,(H,22,23)(H,24,28). The summed E-state index contributed by atoms with van der Waals surface area (Å²) in [5, 5.41) is 16.8. The second kappa shape index (κ2) is 7.81. The predicted octanol–water partition coefficient (Wildman–Crippen LogP) is 3.39. The monoisotopic (exact) mass is 421 g/mol. The van der Waals surface area contributed by atoms with Crippen molar-refractivity contribution >= 4 is 22.9 Å². The molecule has 1 amide bonds. The van der Waals surface area contributed by atoms with Gasteiger partial charge in [-0.2, -0.15) is 10.2 Å². The number of aromatic nitrogens is 6. The molecule has 0 atom stereocenters. The average Bonchev–Trinajstić information content (AvgIpc) is 3.48. The molecule has 0 aromatic carbocycles. The summed E-state index contributed by atoms with van der Waals surface area (Å²) >= 11 is 1.39. The minimum atomic E-state index is -0.291. The molecule has 1 aliphatic carbocycles. The van der Waals surface area contributed by atoms with E-state index in [2.05, 4.69) is 25.5 Å². The SMILES string of the molecule is COC1CC(n2cc(NC(=O)c3csc(-c4cn[nH]c4)n3)c(-c3ccccn3)n2)C1. The summed E-state index contributed by atoms with van der Waals surface area (Å²) in [5.74, 6) is -0.291. The van der Waals surface area contributed by atoms with Crippen LogP contribution in [0.3, 0.4) is 0 Å². The smallest absolute Gasteiger partial charge is 0.275 e. The highest BCUT2D eigenvalue weighted by molar-refractivity contribution is 7.13. The highest BCUT2D eigenvalue weighted by atomic mass is 32.1. The van der Waals surface area contributed by atoms with Crippen molar-refractivity contribution in [2.24, 2.45) is 0 Å². The Hall–Kier alpha value is -3.37. The highest BCUT2D eigenvalue weighted by Crippen LogP contribution is 2.36. The van der Waals surface area contributed by atoms with Crippen LogP contribution in [-0.2, 0) is 4.74 Å². The van der Waals surface area contributed by atoms with Crippen molar-refractivity contribution in [1.82, 2.24) is 29.9 Å². The first kappa shape index (κ1) is 18.6. The number of carbonyl (C=O) groups excluding carboxylic acids is 1. The largest absolute Gasteiger partial charge is 0.381 e. The molecule has 2 N–H and O–H groups in total. The maximum absolute atomic E-state index is 12.9. The Labute approximate surface area is 176 Å². The van der Waals surface area contributed by atoms with Crippen molar-refractivity contribution in [3.8, 4) is 22.0 Å². The number of pyridine rings is 1. The third-order valence-electron chi connectivity index (χ3n) is 5.15. The normalized spacial score (nSPS) is 18.2. The van der Waals surface area contributed by atoms with E-state index in [9.17, 15) is 4.79 Å². The molecule has 9 nitrogen and oxygen atoms in total. The Bertz CT molecular complexity index is 1150. The summed E-state index contributed by atoms with van der Waals surface area (Å²) < 4.78 is 7.27. The predicted molar refractivity (Wildman–Crippen MR) is 112 cm³/mol. The van der Waals surface area contributed by atoms with Gasteiger partial charge in [-0.05, 0) is 25.0 Å². The van der Waals surface area contributed by atoms with Gasteiger partial charge in [0.2, 0.25) is 0 Å². The van der Waals surface area contributed by atoms with Crippen LogP contribution >= 0.6 is 11.3 Å². The van der Waals surface area contributed by atoms with Crippen LogP contribution in [0, 0.1) is 0 Å². The third-order valence-corrected chi connectivity index (χ3v) is 6.04. The lowest BCUT2D eigenvalue weighted by Gasteiger charge is -2.34. The van der Waals surface area contributed by atoms with E-state index in [0.717, 1.165) is 23.4 Å². The van der Waals surface area contributed by atoms with Crippen LogP contribution in [0.5, 0.6) is 0 Å². The van der Waals surface area contributed by atoms with Crippen LogP contribution in [0.1, 0.15) is 29.4 Å². The van der Waals surface area contributed by atoms with E-state index in [0.29, 0.717) is 22.8 Å². The van der Waals surface area contributed by atoms with Crippen molar-refractivity contribution in [3.05, 3.63) is 54.1 Å². The van der Waals surface area contributed by atoms with Gasteiger partial charge < -0.3 is 10.1 Å². The molecule has 0 aliphatic heterocycles. The summed E-state index contributed by atoms with van der Waals surface area (Å²) in [5.41, 5.74) is 3.14. The molecule has 0 unspecified atom stereocenters. The first-order valence-electron chi connectivity index (χ1n) is 9.50. The quantitative estimate of drug-likeness (QED) is 0.494. The number of hydrogen-bond donors (Lipinski definition) is 2. The summed E-state index contributed by atoms with van der Waals surface area (Å²) in [6, 6.07) is 5.87. The molecule has 0 bridgehead atoms. The Balaban J connectivity index is 1.41. The van der Waals surface area contributed by atoms with E-state index in [4.69, 9.17) is 9.84 Å². The second-order valence-electron chi connectivity index (χ2n) is 7.05. The first-order valence-corrected chi connectivity index (χ1v) is 10.4. The van der Waals surface area contributed by atoms with E-state index in [1.165, 1.54) is 11.3 Å². The zero-order valence-electron chi connectivity index (χ0n) is 16.1. The molecule has 0 radical (unpaired) electrons. The van der Waals surface area contributed by atoms with Crippen LogP contribution in [-0.4, -0.2) is 49.1 Å². The number of carbonyl (C=O) groups is 1. The van der Waals surface area contributed by atoms with Crippen molar-refractivity contribution in [1.29, 1.82) is 0 Å². The van der Waals surface area contributed by atoms with Gasteiger partial charge in [-0.3, -0.25) is 19.6 Å². The summed E-state index contributed by atoms with van der Waals surface area (Å²) in [4.78, 5) is 21.7. The number of anilines is 1. The molecule has 4 heterocycles. The van der Waals surface area contributed by atoms with Crippen LogP contribution in [0.4, 0.5) is 5.69 Å². The fourth-order valence-corrected chi connectivity index (χ4v) is 4.16. The molecule has 30 heavy (non-hydrogen) atoms. The van der Waals surface area contributed by atoms with E-state index in [-0.39, 0.29) is 18.1 Å². The maximum Gasteiger partial charge on any atom is 0.275 e. The van der Waals surface area contributed by atoms with Gasteiger partial charge in [0, 0.05) is 36.6 Å². The highest BCUT2D eigenvalue weighted by Gasteiger charge is 2.32. The molecule has 1 fully saturated rings. The Morgan fingerprint density at radius 1 is 1.37 bits per heavy atom. The molecule has 0 spiro atoms. The summed E-state index contributed by atoms with van der Waals surface area (Å²) in [6.45, 7) is 0. The minimum absolute atomic E-state index is 0.245. The zero-order chi connectivity index (χ0) is 20.5. The maximum atomic E-state index is 12.9. The topological polar surface area (TPSA) is 111 Å². The van der Waals surface area contributed by atoms with Crippen molar-refractivity contribution < 1.29 is 9.53 Å². The molecule has 4 aromatic rings. The Morgan fingerprint density at radius 2 is 2.27 bits per heavy atom. The van der Waals surface area contributed by atoms with Crippen LogP contribution in [0.15, 0.2) is 48.4 Å². The number of thiazole rings is 1. The average molecular weight is 421 g/mol. The molecule has 10 heteroatoms. The molecule has 5 rings (SSSR count). The van der Waals surface area contributed by atoms with Crippen LogP contribution in [0.25, 0.3) is 22.0 Å². The molecule has 152 valence electrons. The number of ether oxygens (including phenoxy) is 1. The molecule has 1 aliphatic rings. The minimum Gasteiger partial charge on any atom is -0.381 e. The van der Waals surface area contributed by atoms with Gasteiger partial charge in [0.15, 0.2) is 0 Å². The van der Waals surface area contributed by atoms with Gasteiger partial charge in [-0.15, -0.1) is 11.3 Å². The number of methoxy groups -OCH3 is 1. The van der Waals surface area contributed by atoms with E-state index in [1.54, 1.807) is 31.1 Å². The van der Waals surface area contributed by atoms with Gasteiger partial charge in [0.05, 0.1) is 29.7 Å². The van der Waals surface area contributed by atoms with Crippen LogP contribution < -0.4 is 5.32 Å². The third kappa shape index (κ3) is 3.51. The zero-order valence-corrected chi connectivity index (χ0v) is 17.0. The van der Waals surface area contributed by atoms with Gasteiger partial charge in [-0.1, -0.05) is 6.07 Å². The van der Waals surface area contributed by atoms with Crippen molar-refractivity contribution in [2.45, 2.75) is 25.0 Å². The number of H-pyrrole nitrogens is 1. The lowest BCUT2D eigenvalue weighted by Crippen LogP contribution is -2.32. The molecular formula is C20H19N7O2S. The summed E-state index contributed by atoms with van der Waals surface area (Å²) in [7, 11) is 1.72. The number of amides is 1.